The second-order valence-corrected chi connectivity index (χ2v) is 3.14. The number of carboxylic acid groups (broad SMARTS) is 1. The first-order chi connectivity index (χ1) is 6.59. The SMILES string of the molecule is [CH2-]N(CCN1CCNC1=O)CC(=O)[O-].[Na+].[Na+]. The van der Waals surface area contributed by atoms with Crippen molar-refractivity contribution in [2.75, 3.05) is 32.7 Å². The van der Waals surface area contributed by atoms with Gasteiger partial charge in [-0.05, 0) is 6.54 Å². The molecule has 1 aliphatic rings. The van der Waals surface area contributed by atoms with Crippen molar-refractivity contribution in [3.05, 3.63) is 7.05 Å². The van der Waals surface area contributed by atoms with E-state index in [0.717, 1.165) is 0 Å². The second-order valence-electron chi connectivity index (χ2n) is 3.14. The van der Waals surface area contributed by atoms with Gasteiger partial charge < -0.3 is 25.0 Å². The van der Waals surface area contributed by atoms with E-state index in [9.17, 15) is 14.7 Å². The van der Waals surface area contributed by atoms with Gasteiger partial charge in [0.15, 0.2) is 0 Å². The summed E-state index contributed by atoms with van der Waals surface area (Å²) < 4.78 is 0. The molecule has 0 spiro atoms. The number of hydrogen-bond acceptors (Lipinski definition) is 4. The summed E-state index contributed by atoms with van der Waals surface area (Å²) in [5, 5.41) is 12.8. The van der Waals surface area contributed by atoms with Gasteiger partial charge in [0.2, 0.25) is 0 Å². The van der Waals surface area contributed by atoms with Crippen molar-refractivity contribution in [3.8, 4) is 0 Å². The van der Waals surface area contributed by atoms with Gasteiger partial charge in [-0.1, -0.05) is 0 Å². The molecule has 0 aliphatic carbocycles. The van der Waals surface area contributed by atoms with Crippen molar-refractivity contribution in [1.82, 2.24) is 15.1 Å². The molecule has 0 aromatic heterocycles. The molecule has 0 saturated carbocycles. The van der Waals surface area contributed by atoms with Crippen LogP contribution < -0.4 is 69.5 Å². The zero-order valence-corrected chi connectivity index (χ0v) is 13.9. The average molecular weight is 245 g/mol. The third-order valence-electron chi connectivity index (χ3n) is 1.98. The van der Waals surface area contributed by atoms with Crippen LogP contribution in [0.5, 0.6) is 0 Å². The maximum Gasteiger partial charge on any atom is 1.00 e. The van der Waals surface area contributed by atoms with Crippen molar-refractivity contribution in [3.63, 3.8) is 0 Å². The molecule has 1 heterocycles. The maximum atomic E-state index is 11.1. The molecule has 6 nitrogen and oxygen atoms in total. The molecule has 0 atom stereocenters. The van der Waals surface area contributed by atoms with Crippen LogP contribution in [0.3, 0.4) is 0 Å². The van der Waals surface area contributed by atoms with Gasteiger partial charge in [-0.25, -0.2) is 4.79 Å². The molecule has 80 valence electrons. The molecule has 0 aromatic carbocycles. The van der Waals surface area contributed by atoms with E-state index in [2.05, 4.69) is 12.4 Å². The molecular weight excluding hydrogens is 232 g/mol. The monoisotopic (exact) mass is 245 g/mol. The predicted molar refractivity (Wildman–Crippen MR) is 46.9 cm³/mol. The molecule has 0 unspecified atom stereocenters. The molecule has 0 radical (unpaired) electrons. The molecule has 1 fully saturated rings. The average Bonchev–Trinajstić information content (AvgIpc) is 2.46. The smallest absolute Gasteiger partial charge is 0.549 e. The molecule has 1 rings (SSSR count). The molecule has 0 aromatic rings. The molecule has 1 aliphatic heterocycles. The van der Waals surface area contributed by atoms with E-state index < -0.39 is 5.97 Å². The van der Waals surface area contributed by atoms with E-state index >= 15 is 0 Å². The van der Waals surface area contributed by atoms with E-state index in [4.69, 9.17) is 0 Å². The zero-order valence-electron chi connectivity index (χ0n) is 9.86. The van der Waals surface area contributed by atoms with Crippen LogP contribution in [-0.2, 0) is 4.79 Å². The number of rotatable bonds is 5. The number of carboxylic acids is 1. The molecule has 16 heavy (non-hydrogen) atoms. The van der Waals surface area contributed by atoms with Gasteiger partial charge in [-0.15, -0.1) is 0 Å². The second kappa shape index (κ2) is 9.70. The normalized spacial score (nSPS) is 14.1. The Labute approximate surface area is 139 Å². The van der Waals surface area contributed by atoms with Crippen LogP contribution in [-0.4, -0.2) is 54.5 Å². The Morgan fingerprint density at radius 1 is 1.56 bits per heavy atom. The Kier molecular flexibility index (Phi) is 11.6. The molecule has 1 N–H and O–H groups in total. The number of amides is 2. The van der Waals surface area contributed by atoms with Crippen LogP contribution in [0.4, 0.5) is 4.79 Å². The van der Waals surface area contributed by atoms with Gasteiger partial charge >= 0.3 is 65.1 Å². The predicted octanol–water partition coefficient (Wildman–Crippen LogP) is -8.14. The van der Waals surface area contributed by atoms with E-state index in [0.29, 0.717) is 26.2 Å². The minimum atomic E-state index is -1.16. The fraction of sp³-hybridized carbons (Fsp3) is 0.625. The molecule has 0 bridgehead atoms. The van der Waals surface area contributed by atoms with Crippen LogP contribution in [0.2, 0.25) is 0 Å². The van der Waals surface area contributed by atoms with Crippen LogP contribution in [0.15, 0.2) is 0 Å². The summed E-state index contributed by atoms with van der Waals surface area (Å²) >= 11 is 0. The van der Waals surface area contributed by atoms with E-state index in [1.807, 2.05) is 0 Å². The van der Waals surface area contributed by atoms with E-state index in [1.54, 1.807) is 4.90 Å². The van der Waals surface area contributed by atoms with Gasteiger partial charge in [-0.3, -0.25) is 7.05 Å². The van der Waals surface area contributed by atoms with Crippen molar-refractivity contribution >= 4 is 12.0 Å². The Morgan fingerprint density at radius 3 is 2.62 bits per heavy atom. The number of urea groups is 1. The van der Waals surface area contributed by atoms with Gasteiger partial charge in [-0.2, -0.15) is 0 Å². The Hall–Kier alpha value is 0.700. The topological polar surface area (TPSA) is 75.7 Å². The van der Waals surface area contributed by atoms with Crippen LogP contribution in [0.1, 0.15) is 0 Å². The van der Waals surface area contributed by atoms with Gasteiger partial charge in [0.05, 0.1) is 5.97 Å². The first-order valence-corrected chi connectivity index (χ1v) is 4.37. The number of nitrogens with zero attached hydrogens (tertiary/aromatic N) is 2. The number of carbonyl (C=O) groups is 2. The number of nitrogens with one attached hydrogen (secondary N) is 1. The number of aliphatic carboxylic acids is 1. The maximum absolute atomic E-state index is 11.1. The van der Waals surface area contributed by atoms with E-state index in [-0.39, 0.29) is 71.7 Å². The summed E-state index contributed by atoms with van der Waals surface area (Å²) in [6.45, 7) is 2.02. The minimum Gasteiger partial charge on any atom is -0.549 e. The number of hydrogen-bond donors (Lipinski definition) is 1. The summed E-state index contributed by atoms with van der Waals surface area (Å²) in [4.78, 5) is 24.2. The Balaban J connectivity index is 0. The minimum absolute atomic E-state index is 0. The van der Waals surface area contributed by atoms with E-state index in [1.165, 1.54) is 4.90 Å². The van der Waals surface area contributed by atoms with Crippen molar-refractivity contribution < 1.29 is 73.8 Å². The molecule has 2 amide bonds. The van der Waals surface area contributed by atoms with Crippen molar-refractivity contribution in [2.24, 2.45) is 0 Å². The molecule has 1 saturated heterocycles. The van der Waals surface area contributed by atoms with Gasteiger partial charge in [0, 0.05) is 26.2 Å². The fourth-order valence-electron chi connectivity index (χ4n) is 1.25. The first kappa shape index (κ1) is 19.0. The van der Waals surface area contributed by atoms with Crippen LogP contribution in [0, 0.1) is 7.05 Å². The largest absolute Gasteiger partial charge is 1.00 e. The standard InChI is InChI=1S/C8H14N3O3.2Na/c1-10(6-7(12)13)4-5-11-3-2-9-8(11)14;;/h1-6H2,(H,9,14)(H,12,13);;/q-1;2*+1/p-1. The summed E-state index contributed by atoms with van der Waals surface area (Å²) in [6.07, 6.45) is 0. The van der Waals surface area contributed by atoms with Crippen LogP contribution in [0.25, 0.3) is 0 Å². The third kappa shape index (κ3) is 7.11. The first-order valence-electron chi connectivity index (χ1n) is 4.37. The van der Waals surface area contributed by atoms with Gasteiger partial charge in [0.1, 0.15) is 0 Å². The summed E-state index contributed by atoms with van der Waals surface area (Å²) in [6, 6.07) is -0.105. The Morgan fingerprint density at radius 2 is 2.19 bits per heavy atom. The van der Waals surface area contributed by atoms with Crippen molar-refractivity contribution in [1.29, 1.82) is 0 Å². The summed E-state index contributed by atoms with van der Waals surface area (Å²) in [5.41, 5.74) is 0. The van der Waals surface area contributed by atoms with Crippen molar-refractivity contribution in [2.45, 2.75) is 0 Å². The third-order valence-corrected chi connectivity index (χ3v) is 1.98. The number of carbonyl (C=O) groups excluding carboxylic acids is 2. The quantitative estimate of drug-likeness (QED) is 0.385. The van der Waals surface area contributed by atoms with Gasteiger partial charge in [0.25, 0.3) is 0 Å². The Bertz CT molecular complexity index is 241. The zero-order chi connectivity index (χ0) is 10.6. The molecular formula is C8H13N3Na2O3. The fourth-order valence-corrected chi connectivity index (χ4v) is 1.25. The van der Waals surface area contributed by atoms with Crippen LogP contribution >= 0.6 is 0 Å². The summed E-state index contributed by atoms with van der Waals surface area (Å²) in [7, 11) is 3.52. The molecule has 8 heteroatoms. The summed E-state index contributed by atoms with van der Waals surface area (Å²) in [5.74, 6) is -1.16.